The zero-order chi connectivity index (χ0) is 18.9. The number of benzene rings is 1. The van der Waals surface area contributed by atoms with Crippen molar-refractivity contribution in [2.24, 2.45) is 5.41 Å². The van der Waals surface area contributed by atoms with E-state index in [1.54, 1.807) is 24.3 Å². The van der Waals surface area contributed by atoms with Gasteiger partial charge in [-0.15, -0.1) is 0 Å². The normalized spacial score (nSPS) is 17.5. The van der Waals surface area contributed by atoms with Crippen LogP contribution in [0.5, 0.6) is 0 Å². The number of hydrogen-bond donors (Lipinski definition) is 1. The van der Waals surface area contributed by atoms with Crippen LogP contribution < -0.4 is 0 Å². The fourth-order valence-corrected chi connectivity index (χ4v) is 3.12. The van der Waals surface area contributed by atoms with Crippen LogP contribution in [-0.2, 0) is 11.2 Å². The Morgan fingerprint density at radius 3 is 2.81 bits per heavy atom. The fraction of sp³-hybridized carbons (Fsp3) is 0.474. The van der Waals surface area contributed by atoms with Crippen LogP contribution in [0.4, 0.5) is 0 Å². The minimum atomic E-state index is -0.961. The van der Waals surface area contributed by atoms with Crippen molar-refractivity contribution in [2.45, 2.75) is 46.1 Å². The lowest BCUT2D eigenvalue weighted by molar-refractivity contribution is -0.141. The van der Waals surface area contributed by atoms with Crippen molar-refractivity contribution in [1.82, 2.24) is 15.0 Å². The van der Waals surface area contributed by atoms with Crippen LogP contribution in [0.3, 0.4) is 0 Å². The molecule has 1 aromatic carbocycles. The second kappa shape index (κ2) is 6.90. The summed E-state index contributed by atoms with van der Waals surface area (Å²) in [6.07, 6.45) is 1.85. The number of carbonyl (C=O) groups excluding carboxylic acids is 1. The minimum absolute atomic E-state index is 0.0310. The van der Waals surface area contributed by atoms with Crippen LogP contribution in [0.1, 0.15) is 49.9 Å². The lowest BCUT2D eigenvalue weighted by Crippen LogP contribution is -2.40. The first-order valence-corrected chi connectivity index (χ1v) is 8.71. The molecule has 3 rings (SSSR count). The molecule has 26 heavy (non-hydrogen) atoms. The maximum absolute atomic E-state index is 12.7. The summed E-state index contributed by atoms with van der Waals surface area (Å²) >= 11 is 0. The molecule has 7 nitrogen and oxygen atoms in total. The zero-order valence-corrected chi connectivity index (χ0v) is 15.2. The van der Waals surface area contributed by atoms with E-state index >= 15 is 0 Å². The number of carboxylic acids is 1. The van der Waals surface area contributed by atoms with Gasteiger partial charge in [0, 0.05) is 24.1 Å². The Morgan fingerprint density at radius 2 is 2.12 bits per heavy atom. The van der Waals surface area contributed by atoms with Gasteiger partial charge in [-0.1, -0.05) is 38.1 Å². The van der Waals surface area contributed by atoms with E-state index in [2.05, 4.69) is 30.9 Å². The standard InChI is InChI=1S/C19H23N3O4/c1-19(2,3)11-15-20-16(21-26-15)12-6-4-7-13(10-12)17(23)22-9-5-8-14(22)18(24)25/h4,6-7,10,14H,5,8-9,11H2,1-3H3,(H,24,25)/t14-/m0/s1. The van der Waals surface area contributed by atoms with E-state index in [0.717, 1.165) is 0 Å². The molecule has 1 amide bonds. The van der Waals surface area contributed by atoms with Crippen molar-refractivity contribution in [3.05, 3.63) is 35.7 Å². The van der Waals surface area contributed by atoms with E-state index in [0.29, 0.717) is 48.6 Å². The van der Waals surface area contributed by atoms with Crippen LogP contribution in [0, 0.1) is 5.41 Å². The van der Waals surface area contributed by atoms with Gasteiger partial charge in [-0.3, -0.25) is 4.79 Å². The van der Waals surface area contributed by atoms with Crippen molar-refractivity contribution < 1.29 is 19.2 Å². The molecule has 0 radical (unpaired) electrons. The summed E-state index contributed by atoms with van der Waals surface area (Å²) in [5.41, 5.74) is 1.13. The molecule has 1 N–H and O–H groups in total. The van der Waals surface area contributed by atoms with E-state index in [9.17, 15) is 14.7 Å². The van der Waals surface area contributed by atoms with Gasteiger partial charge >= 0.3 is 5.97 Å². The first kappa shape index (κ1) is 18.1. The highest BCUT2D eigenvalue weighted by Gasteiger charge is 2.34. The van der Waals surface area contributed by atoms with Crippen LogP contribution in [-0.4, -0.2) is 44.6 Å². The molecule has 0 bridgehead atoms. The molecular formula is C19H23N3O4. The molecule has 2 heterocycles. The predicted octanol–water partition coefficient (Wildman–Crippen LogP) is 3.01. The minimum Gasteiger partial charge on any atom is -0.480 e. The number of carboxylic acid groups (broad SMARTS) is 1. The SMILES string of the molecule is CC(C)(C)Cc1nc(-c2cccc(C(=O)N3CCC[C@H]3C(=O)O)c2)no1. The van der Waals surface area contributed by atoms with Crippen molar-refractivity contribution >= 4 is 11.9 Å². The number of carbonyl (C=O) groups is 2. The van der Waals surface area contributed by atoms with E-state index in [4.69, 9.17) is 4.52 Å². The Bertz CT molecular complexity index is 822. The van der Waals surface area contributed by atoms with Crippen molar-refractivity contribution in [1.29, 1.82) is 0 Å². The van der Waals surface area contributed by atoms with Gasteiger partial charge in [-0.25, -0.2) is 4.79 Å². The van der Waals surface area contributed by atoms with E-state index < -0.39 is 12.0 Å². The van der Waals surface area contributed by atoms with Gasteiger partial charge in [0.2, 0.25) is 11.7 Å². The topological polar surface area (TPSA) is 96.5 Å². The number of aliphatic carboxylic acids is 1. The molecule has 7 heteroatoms. The molecule has 138 valence electrons. The number of aromatic nitrogens is 2. The summed E-state index contributed by atoms with van der Waals surface area (Å²) in [6, 6.07) is 6.16. The second-order valence-corrected chi connectivity index (χ2v) is 7.82. The zero-order valence-electron chi connectivity index (χ0n) is 15.2. The van der Waals surface area contributed by atoms with Crippen LogP contribution >= 0.6 is 0 Å². The number of amides is 1. The molecule has 1 fully saturated rings. The fourth-order valence-electron chi connectivity index (χ4n) is 3.12. The van der Waals surface area contributed by atoms with Crippen molar-refractivity contribution in [3.63, 3.8) is 0 Å². The van der Waals surface area contributed by atoms with E-state index in [-0.39, 0.29) is 11.3 Å². The monoisotopic (exact) mass is 357 g/mol. The average Bonchev–Trinajstić information content (AvgIpc) is 3.22. The number of hydrogen-bond acceptors (Lipinski definition) is 5. The van der Waals surface area contributed by atoms with Gasteiger partial charge in [-0.05, 0) is 30.4 Å². The molecule has 0 spiro atoms. The molecular weight excluding hydrogens is 334 g/mol. The molecule has 0 aliphatic carbocycles. The summed E-state index contributed by atoms with van der Waals surface area (Å²) in [5.74, 6) is -0.267. The summed E-state index contributed by atoms with van der Waals surface area (Å²) in [6.45, 7) is 6.72. The third kappa shape index (κ3) is 3.92. The van der Waals surface area contributed by atoms with Gasteiger partial charge in [0.1, 0.15) is 6.04 Å². The van der Waals surface area contributed by atoms with Gasteiger partial charge in [-0.2, -0.15) is 4.98 Å². The summed E-state index contributed by atoms with van der Waals surface area (Å²) in [5, 5.41) is 13.3. The molecule has 0 saturated carbocycles. The quantitative estimate of drug-likeness (QED) is 0.903. The highest BCUT2D eigenvalue weighted by molar-refractivity contribution is 5.97. The molecule has 0 unspecified atom stereocenters. The van der Waals surface area contributed by atoms with Crippen LogP contribution in [0.2, 0.25) is 0 Å². The molecule has 1 saturated heterocycles. The Hall–Kier alpha value is -2.70. The lowest BCUT2D eigenvalue weighted by atomic mass is 9.92. The highest BCUT2D eigenvalue weighted by atomic mass is 16.5. The van der Waals surface area contributed by atoms with Gasteiger partial charge in [0.05, 0.1) is 0 Å². The molecule has 2 aromatic rings. The second-order valence-electron chi connectivity index (χ2n) is 7.82. The first-order valence-electron chi connectivity index (χ1n) is 8.71. The first-order chi connectivity index (χ1) is 12.2. The molecule has 1 aliphatic rings. The third-order valence-electron chi connectivity index (χ3n) is 4.32. The predicted molar refractivity (Wildman–Crippen MR) is 94.6 cm³/mol. The average molecular weight is 357 g/mol. The van der Waals surface area contributed by atoms with Gasteiger partial charge in [0.25, 0.3) is 5.91 Å². The summed E-state index contributed by atoms with van der Waals surface area (Å²) in [4.78, 5) is 29.9. The third-order valence-corrected chi connectivity index (χ3v) is 4.32. The molecule has 1 aromatic heterocycles. The Balaban J connectivity index is 1.82. The maximum atomic E-state index is 12.7. The Labute approximate surface area is 152 Å². The number of likely N-dealkylation sites (tertiary alicyclic amines) is 1. The van der Waals surface area contributed by atoms with E-state index in [1.807, 2.05) is 0 Å². The highest BCUT2D eigenvalue weighted by Crippen LogP contribution is 2.25. The molecule has 1 aliphatic heterocycles. The smallest absolute Gasteiger partial charge is 0.326 e. The van der Waals surface area contributed by atoms with Gasteiger partial charge in [0.15, 0.2) is 0 Å². The van der Waals surface area contributed by atoms with Crippen LogP contribution in [0.15, 0.2) is 28.8 Å². The largest absolute Gasteiger partial charge is 0.480 e. The number of rotatable bonds is 4. The maximum Gasteiger partial charge on any atom is 0.326 e. The van der Waals surface area contributed by atoms with Gasteiger partial charge < -0.3 is 14.5 Å². The number of nitrogens with zero attached hydrogens (tertiary/aromatic N) is 3. The lowest BCUT2D eigenvalue weighted by Gasteiger charge is -2.21. The summed E-state index contributed by atoms with van der Waals surface area (Å²) < 4.78 is 5.31. The summed E-state index contributed by atoms with van der Waals surface area (Å²) in [7, 11) is 0. The van der Waals surface area contributed by atoms with Crippen LogP contribution in [0.25, 0.3) is 11.4 Å². The van der Waals surface area contributed by atoms with E-state index in [1.165, 1.54) is 4.90 Å². The Morgan fingerprint density at radius 1 is 1.35 bits per heavy atom. The Kier molecular flexibility index (Phi) is 4.80. The molecule has 1 atom stereocenters. The van der Waals surface area contributed by atoms with Crippen molar-refractivity contribution in [3.8, 4) is 11.4 Å². The van der Waals surface area contributed by atoms with Crippen molar-refractivity contribution in [2.75, 3.05) is 6.54 Å².